The van der Waals surface area contributed by atoms with Crippen LogP contribution in [0.3, 0.4) is 0 Å². The second-order valence-corrected chi connectivity index (χ2v) is 3.52. The average Bonchev–Trinajstić information content (AvgIpc) is 2.09. The molecule has 2 nitrogen and oxygen atoms in total. The number of hydrogen-bond acceptors (Lipinski definition) is 1. The maximum atomic E-state index is 13.1. The molecule has 0 heterocycles. The largest absolute Gasteiger partial charge is 0.332 e. The van der Waals surface area contributed by atoms with Crippen LogP contribution in [0.1, 0.15) is 5.56 Å². The highest BCUT2D eigenvalue weighted by Gasteiger charge is 2.09. The van der Waals surface area contributed by atoms with E-state index >= 15 is 0 Å². The van der Waals surface area contributed by atoms with Crippen molar-refractivity contribution < 1.29 is 13.6 Å². The summed E-state index contributed by atoms with van der Waals surface area (Å²) in [6.07, 6.45) is 0. The van der Waals surface area contributed by atoms with Gasteiger partial charge in [-0.05, 0) is 6.07 Å². The van der Waals surface area contributed by atoms with E-state index in [2.05, 4.69) is 15.9 Å². The van der Waals surface area contributed by atoms with E-state index < -0.39 is 11.6 Å². The van der Waals surface area contributed by atoms with Gasteiger partial charge in [0.1, 0.15) is 11.6 Å². The molecule has 14 heavy (non-hydrogen) atoms. The first-order chi connectivity index (χ1) is 6.50. The van der Waals surface area contributed by atoms with Crippen LogP contribution in [0, 0.1) is 11.6 Å². The molecule has 0 saturated heterocycles. The Hall–Kier alpha value is -0.970. The number of carbonyl (C=O) groups excluding carboxylic acids is 1. The number of rotatable bonds is 2. The van der Waals surface area contributed by atoms with E-state index in [1.54, 1.807) is 0 Å². The molecule has 0 bridgehead atoms. The quantitative estimate of drug-likeness (QED) is 0.594. The molecule has 1 rings (SSSR count). The highest BCUT2D eigenvalue weighted by atomic mass is 79.9. The fraction of sp³-hybridized carbons (Fsp3) is 0.222. The molecule has 0 spiro atoms. The van der Waals surface area contributed by atoms with Gasteiger partial charge < -0.3 is 4.90 Å². The van der Waals surface area contributed by atoms with Crippen molar-refractivity contribution in [2.24, 2.45) is 0 Å². The minimum atomic E-state index is -0.648. The predicted molar refractivity (Wildman–Crippen MR) is 52.1 cm³/mol. The first-order valence-corrected chi connectivity index (χ1v) is 4.64. The molecule has 0 fully saturated rings. The topological polar surface area (TPSA) is 20.3 Å². The maximum Gasteiger partial charge on any atom is 0.289 e. The fourth-order valence-corrected chi connectivity index (χ4v) is 1.09. The van der Waals surface area contributed by atoms with Crippen LogP contribution in [0.2, 0.25) is 0 Å². The third-order valence-corrected chi connectivity index (χ3v) is 2.33. The van der Waals surface area contributed by atoms with Gasteiger partial charge in [0.05, 0.1) is 0 Å². The highest BCUT2D eigenvalue weighted by molar-refractivity contribution is 9.18. The van der Waals surface area contributed by atoms with Crippen molar-refractivity contribution >= 4 is 20.7 Å². The van der Waals surface area contributed by atoms with Gasteiger partial charge in [-0.3, -0.25) is 4.79 Å². The maximum absolute atomic E-state index is 13.1. The monoisotopic (exact) mass is 263 g/mol. The Balaban J connectivity index is 2.82. The SMILES string of the molecule is CN(Cc1ccc(F)cc1F)C(=O)Br. The van der Waals surface area contributed by atoms with Gasteiger partial charge in [0, 0.05) is 41.2 Å². The van der Waals surface area contributed by atoms with Gasteiger partial charge in [-0.2, -0.15) is 0 Å². The summed E-state index contributed by atoms with van der Waals surface area (Å²) in [5, 5.41) is 0. The number of amides is 1. The molecule has 1 amide bonds. The molecule has 0 aromatic heterocycles. The summed E-state index contributed by atoms with van der Waals surface area (Å²) < 4.78 is 25.6. The van der Waals surface area contributed by atoms with Gasteiger partial charge in [-0.25, -0.2) is 8.78 Å². The second-order valence-electron chi connectivity index (χ2n) is 2.84. The Kier molecular flexibility index (Phi) is 3.57. The summed E-state index contributed by atoms with van der Waals surface area (Å²) in [7, 11) is 1.51. The first-order valence-electron chi connectivity index (χ1n) is 3.85. The Bertz CT molecular complexity index is 357. The minimum absolute atomic E-state index is 0.107. The van der Waals surface area contributed by atoms with Gasteiger partial charge in [0.25, 0.3) is 4.82 Å². The molecule has 0 saturated carbocycles. The lowest BCUT2D eigenvalue weighted by atomic mass is 10.2. The lowest BCUT2D eigenvalue weighted by Crippen LogP contribution is -2.20. The summed E-state index contributed by atoms with van der Waals surface area (Å²) in [5.41, 5.74) is 0.279. The number of halogens is 3. The van der Waals surface area contributed by atoms with Crippen molar-refractivity contribution in [1.82, 2.24) is 4.90 Å². The molecular formula is C9H8BrF2NO. The van der Waals surface area contributed by atoms with Crippen LogP contribution in [0.25, 0.3) is 0 Å². The Labute approximate surface area is 88.6 Å². The van der Waals surface area contributed by atoms with Gasteiger partial charge in [0.15, 0.2) is 0 Å². The van der Waals surface area contributed by atoms with E-state index in [1.165, 1.54) is 18.0 Å². The summed E-state index contributed by atoms with van der Waals surface area (Å²) in [4.78, 5) is 11.7. The number of hydrogen-bond donors (Lipinski definition) is 0. The van der Waals surface area contributed by atoms with Crippen molar-refractivity contribution in [3.63, 3.8) is 0 Å². The first kappa shape index (κ1) is 11.1. The van der Waals surface area contributed by atoms with Crippen molar-refractivity contribution in [3.05, 3.63) is 35.4 Å². The third kappa shape index (κ3) is 2.77. The molecule has 5 heteroatoms. The van der Waals surface area contributed by atoms with Crippen LogP contribution >= 0.6 is 15.9 Å². The molecule has 0 aliphatic carbocycles. The van der Waals surface area contributed by atoms with Crippen LogP contribution in [-0.2, 0) is 6.54 Å². The van der Waals surface area contributed by atoms with E-state index in [4.69, 9.17) is 0 Å². The molecule has 0 aliphatic heterocycles. The van der Waals surface area contributed by atoms with Crippen LogP contribution in [0.4, 0.5) is 13.6 Å². The lowest BCUT2D eigenvalue weighted by molar-refractivity contribution is 0.232. The number of benzene rings is 1. The van der Waals surface area contributed by atoms with E-state index in [0.717, 1.165) is 12.1 Å². The zero-order valence-electron chi connectivity index (χ0n) is 7.43. The second kappa shape index (κ2) is 4.50. The van der Waals surface area contributed by atoms with Crippen LogP contribution in [-0.4, -0.2) is 16.8 Å². The van der Waals surface area contributed by atoms with Crippen LogP contribution in [0.15, 0.2) is 18.2 Å². The zero-order chi connectivity index (χ0) is 10.7. The van der Waals surface area contributed by atoms with Crippen molar-refractivity contribution in [1.29, 1.82) is 0 Å². The van der Waals surface area contributed by atoms with Crippen LogP contribution < -0.4 is 0 Å². The number of nitrogens with zero attached hydrogens (tertiary/aromatic N) is 1. The molecule has 0 N–H and O–H groups in total. The standard InChI is InChI=1S/C9H8BrF2NO/c1-13(9(10)14)5-6-2-3-7(11)4-8(6)12/h2-4H,5H2,1H3. The van der Waals surface area contributed by atoms with Gasteiger partial charge in [-0.1, -0.05) is 6.07 Å². The average molecular weight is 264 g/mol. The van der Waals surface area contributed by atoms with Crippen molar-refractivity contribution in [3.8, 4) is 0 Å². The Morgan fingerprint density at radius 2 is 2.14 bits per heavy atom. The number of carbonyl (C=O) groups is 1. The van der Waals surface area contributed by atoms with Crippen LogP contribution in [0.5, 0.6) is 0 Å². The third-order valence-electron chi connectivity index (χ3n) is 1.72. The smallest absolute Gasteiger partial charge is 0.289 e. The summed E-state index contributed by atoms with van der Waals surface area (Å²) in [5.74, 6) is -1.27. The lowest BCUT2D eigenvalue weighted by Gasteiger charge is -2.13. The normalized spacial score (nSPS) is 10.0. The van der Waals surface area contributed by atoms with E-state index in [9.17, 15) is 13.6 Å². The van der Waals surface area contributed by atoms with Gasteiger partial charge in [0.2, 0.25) is 0 Å². The summed E-state index contributed by atoms with van der Waals surface area (Å²) in [6.45, 7) is 0.107. The summed E-state index contributed by atoms with van der Waals surface area (Å²) in [6, 6.07) is 3.27. The summed E-state index contributed by atoms with van der Waals surface area (Å²) >= 11 is 2.73. The molecule has 0 unspecified atom stereocenters. The fourth-order valence-electron chi connectivity index (χ4n) is 0.968. The Morgan fingerprint density at radius 1 is 1.50 bits per heavy atom. The molecule has 0 atom stereocenters. The highest BCUT2D eigenvalue weighted by Crippen LogP contribution is 2.12. The zero-order valence-corrected chi connectivity index (χ0v) is 9.01. The molecule has 1 aromatic rings. The van der Waals surface area contributed by atoms with Crippen molar-refractivity contribution in [2.75, 3.05) is 7.05 Å². The van der Waals surface area contributed by atoms with Crippen molar-refractivity contribution in [2.45, 2.75) is 6.54 Å². The van der Waals surface area contributed by atoms with E-state index in [0.29, 0.717) is 0 Å². The van der Waals surface area contributed by atoms with Gasteiger partial charge in [-0.15, -0.1) is 0 Å². The molecule has 0 aliphatic rings. The Morgan fingerprint density at radius 3 is 2.64 bits per heavy atom. The molecular weight excluding hydrogens is 256 g/mol. The van der Waals surface area contributed by atoms with Gasteiger partial charge >= 0.3 is 0 Å². The van der Waals surface area contributed by atoms with E-state index in [-0.39, 0.29) is 16.9 Å². The molecule has 0 radical (unpaired) electrons. The minimum Gasteiger partial charge on any atom is -0.332 e. The predicted octanol–water partition coefficient (Wildman–Crippen LogP) is 2.91. The van der Waals surface area contributed by atoms with E-state index in [1.807, 2.05) is 0 Å². The molecule has 1 aromatic carbocycles. The molecule has 76 valence electrons.